The van der Waals surface area contributed by atoms with E-state index in [-0.39, 0.29) is 0 Å². The number of hydrogen-bond donors (Lipinski definition) is 0. The third kappa shape index (κ3) is 23.1. The number of aryl methyl sites for hydroxylation is 3. The van der Waals surface area contributed by atoms with Gasteiger partial charge in [-0.3, -0.25) is 9.59 Å². The van der Waals surface area contributed by atoms with Crippen LogP contribution in [0.25, 0.3) is 11.1 Å². The molecule has 0 spiro atoms. The molecule has 272 valence electrons. The molecule has 2 aromatic carbocycles. The summed E-state index contributed by atoms with van der Waals surface area (Å²) in [5, 5.41) is 0. The van der Waals surface area contributed by atoms with E-state index in [4.69, 9.17) is 9.47 Å². The van der Waals surface area contributed by atoms with Gasteiger partial charge in [-0.1, -0.05) is 139 Å². The van der Waals surface area contributed by atoms with Gasteiger partial charge in [0.05, 0.1) is 13.2 Å². The van der Waals surface area contributed by atoms with E-state index in [9.17, 15) is 9.59 Å². The van der Waals surface area contributed by atoms with Gasteiger partial charge >= 0.3 is 0 Å². The highest BCUT2D eigenvalue weighted by molar-refractivity contribution is 5.81. The molecule has 0 N–H and O–H groups in total. The van der Waals surface area contributed by atoms with Crippen LogP contribution >= 0.6 is 0 Å². The second kappa shape index (κ2) is 35.4. The Morgan fingerprint density at radius 1 is 0.673 bits per heavy atom. The molecule has 0 saturated carbocycles. The quantitative estimate of drug-likeness (QED) is 0.0798. The first-order valence-electron chi connectivity index (χ1n) is 18.6. The summed E-state index contributed by atoms with van der Waals surface area (Å²) in [6.07, 6.45) is 25.4. The van der Waals surface area contributed by atoms with Crippen LogP contribution in [0, 0.1) is 6.92 Å². The number of carbonyl (C=O) groups excluding carboxylic acids is 2. The summed E-state index contributed by atoms with van der Waals surface area (Å²) in [5.41, 5.74) is 9.38. The smallest absolute Gasteiger partial charge is 0.293 e. The van der Waals surface area contributed by atoms with Crippen LogP contribution in [0.1, 0.15) is 133 Å². The summed E-state index contributed by atoms with van der Waals surface area (Å²) in [5.74, 6) is 0. The summed E-state index contributed by atoms with van der Waals surface area (Å²) in [4.78, 5) is 20.3. The molecule has 1 aliphatic carbocycles. The van der Waals surface area contributed by atoms with Crippen molar-refractivity contribution in [2.24, 2.45) is 0 Å². The molecule has 0 saturated heterocycles. The van der Waals surface area contributed by atoms with Crippen molar-refractivity contribution in [3.63, 3.8) is 0 Å². The molecular formula is C45H68O4. The van der Waals surface area contributed by atoms with Gasteiger partial charge in [-0.2, -0.15) is 0 Å². The van der Waals surface area contributed by atoms with E-state index in [2.05, 4.69) is 93.4 Å². The van der Waals surface area contributed by atoms with Gasteiger partial charge in [0.1, 0.15) is 0 Å². The second-order valence-electron chi connectivity index (χ2n) is 11.1. The average molecular weight is 673 g/mol. The Labute approximate surface area is 301 Å². The first-order valence-corrected chi connectivity index (χ1v) is 18.6. The SMILES string of the molecule is C=C.C=CC.CC.CC.Cc1cc(C2=CC=C(c3ccc(CCCCCCCOC=O)cc3)CC=C2)ccc1CCCCCCCOC=O. The first-order chi connectivity index (χ1) is 24.1. The van der Waals surface area contributed by atoms with Crippen LogP contribution in [0.3, 0.4) is 0 Å². The lowest BCUT2D eigenvalue weighted by molar-refractivity contribution is -0.129. The standard InChI is InChI=1S/C36H46O4.C3H6.2C2H6.C2H4/c1-30-27-36(24-21-32(30)14-9-5-3-7-11-26-40-29-38)34-16-12-15-33(22-23-34)35-19-17-31(18-20-35)13-8-4-2-6-10-25-39-28-37;1-3-2;3*1-2/h12,16-24,27-29H,2-11,13-15,25-26H2,1H3;3H,1H2,2H3;2*1-2H3;1-2H2. The van der Waals surface area contributed by atoms with Crippen LogP contribution in [0.15, 0.2) is 92.6 Å². The molecule has 0 heterocycles. The van der Waals surface area contributed by atoms with Gasteiger partial charge in [-0.05, 0) is 97.8 Å². The van der Waals surface area contributed by atoms with Crippen molar-refractivity contribution in [2.75, 3.05) is 13.2 Å². The third-order valence-corrected chi connectivity index (χ3v) is 7.67. The van der Waals surface area contributed by atoms with Crippen molar-refractivity contribution in [3.05, 3.63) is 120 Å². The maximum Gasteiger partial charge on any atom is 0.293 e. The number of benzene rings is 2. The maximum atomic E-state index is 10.2. The minimum Gasteiger partial charge on any atom is -0.468 e. The summed E-state index contributed by atoms with van der Waals surface area (Å²) in [6, 6.07) is 16.0. The fourth-order valence-electron chi connectivity index (χ4n) is 5.25. The van der Waals surface area contributed by atoms with Crippen molar-refractivity contribution >= 4 is 24.1 Å². The van der Waals surface area contributed by atoms with Crippen molar-refractivity contribution < 1.29 is 19.1 Å². The normalized spacial score (nSPS) is 11.1. The van der Waals surface area contributed by atoms with Crippen LogP contribution in [0.2, 0.25) is 0 Å². The van der Waals surface area contributed by atoms with Gasteiger partial charge in [0, 0.05) is 0 Å². The minimum absolute atomic E-state index is 0.532. The Kier molecular flexibility index (Phi) is 34.1. The van der Waals surface area contributed by atoms with E-state index >= 15 is 0 Å². The van der Waals surface area contributed by atoms with E-state index < -0.39 is 0 Å². The molecule has 0 radical (unpaired) electrons. The zero-order valence-electron chi connectivity index (χ0n) is 31.9. The zero-order chi connectivity index (χ0) is 37.0. The van der Waals surface area contributed by atoms with Crippen molar-refractivity contribution in [3.8, 4) is 0 Å². The Bertz CT molecular complexity index is 1190. The summed E-state index contributed by atoms with van der Waals surface area (Å²) in [7, 11) is 0. The molecule has 4 nitrogen and oxygen atoms in total. The molecule has 0 aromatic heterocycles. The largest absolute Gasteiger partial charge is 0.468 e. The van der Waals surface area contributed by atoms with Gasteiger partial charge < -0.3 is 9.47 Å². The molecule has 0 unspecified atom stereocenters. The van der Waals surface area contributed by atoms with Gasteiger partial charge in [0.2, 0.25) is 0 Å². The summed E-state index contributed by atoms with van der Waals surface area (Å²) >= 11 is 0. The molecule has 0 aliphatic heterocycles. The Morgan fingerprint density at radius 2 is 1.16 bits per heavy atom. The Hall–Kier alpha value is -3.92. The first kappa shape index (κ1) is 47.2. The molecule has 0 atom stereocenters. The molecule has 4 heteroatoms. The van der Waals surface area contributed by atoms with E-state index in [0.717, 1.165) is 44.9 Å². The van der Waals surface area contributed by atoms with Gasteiger partial charge in [-0.25, -0.2) is 0 Å². The van der Waals surface area contributed by atoms with Crippen LogP contribution in [0.5, 0.6) is 0 Å². The van der Waals surface area contributed by atoms with Gasteiger partial charge in [-0.15, -0.1) is 19.7 Å². The lowest BCUT2D eigenvalue weighted by Gasteiger charge is -2.09. The molecule has 0 fully saturated rings. The molecule has 0 bridgehead atoms. The van der Waals surface area contributed by atoms with Crippen LogP contribution in [-0.4, -0.2) is 26.2 Å². The Balaban J connectivity index is 0. The number of rotatable bonds is 20. The average Bonchev–Trinajstić information content (AvgIpc) is 3.41. The van der Waals surface area contributed by atoms with E-state index in [1.165, 1.54) is 77.5 Å². The minimum atomic E-state index is 0.532. The monoisotopic (exact) mass is 673 g/mol. The molecule has 2 aromatic rings. The second-order valence-corrected chi connectivity index (χ2v) is 11.1. The van der Waals surface area contributed by atoms with E-state index in [0.29, 0.717) is 26.2 Å². The third-order valence-electron chi connectivity index (χ3n) is 7.67. The lowest BCUT2D eigenvalue weighted by atomic mass is 9.96. The topological polar surface area (TPSA) is 52.6 Å². The number of unbranched alkanes of at least 4 members (excludes halogenated alkanes) is 8. The van der Waals surface area contributed by atoms with Crippen molar-refractivity contribution in [1.82, 2.24) is 0 Å². The molecule has 0 amide bonds. The molecule has 1 aliphatic rings. The van der Waals surface area contributed by atoms with Crippen LogP contribution < -0.4 is 0 Å². The van der Waals surface area contributed by atoms with Crippen molar-refractivity contribution in [1.29, 1.82) is 0 Å². The van der Waals surface area contributed by atoms with Crippen molar-refractivity contribution in [2.45, 2.75) is 125 Å². The summed E-state index contributed by atoms with van der Waals surface area (Å²) < 4.78 is 9.49. The molecular weight excluding hydrogens is 604 g/mol. The van der Waals surface area contributed by atoms with Gasteiger partial charge in [0.25, 0.3) is 12.9 Å². The number of carbonyl (C=O) groups is 2. The highest BCUT2D eigenvalue weighted by Crippen LogP contribution is 2.28. The van der Waals surface area contributed by atoms with E-state index in [1.807, 2.05) is 34.6 Å². The lowest BCUT2D eigenvalue weighted by Crippen LogP contribution is -1.94. The summed E-state index contributed by atoms with van der Waals surface area (Å²) in [6.45, 7) is 23.6. The number of ether oxygens (including phenoxy) is 2. The number of hydrogen-bond acceptors (Lipinski definition) is 4. The predicted molar refractivity (Wildman–Crippen MR) is 215 cm³/mol. The highest BCUT2D eigenvalue weighted by Gasteiger charge is 2.07. The van der Waals surface area contributed by atoms with Crippen LogP contribution in [0.4, 0.5) is 0 Å². The number of allylic oxidation sites excluding steroid dienone is 7. The molecule has 49 heavy (non-hydrogen) atoms. The fraction of sp³-hybridized carbons (Fsp3) is 0.467. The zero-order valence-corrected chi connectivity index (χ0v) is 31.9. The van der Waals surface area contributed by atoms with Crippen LogP contribution in [-0.2, 0) is 31.9 Å². The predicted octanol–water partition coefficient (Wildman–Crippen LogP) is 12.8. The fourth-order valence-corrected chi connectivity index (χ4v) is 5.25. The Morgan fingerprint density at radius 3 is 1.69 bits per heavy atom. The maximum absolute atomic E-state index is 10.2. The highest BCUT2D eigenvalue weighted by atomic mass is 16.5. The van der Waals surface area contributed by atoms with Gasteiger partial charge in [0.15, 0.2) is 0 Å². The molecule has 3 rings (SSSR count). The van der Waals surface area contributed by atoms with E-state index in [1.54, 1.807) is 6.08 Å².